The summed E-state index contributed by atoms with van der Waals surface area (Å²) in [4.78, 5) is 22.1. The van der Waals surface area contributed by atoms with Crippen molar-refractivity contribution in [3.8, 4) is 0 Å². The lowest BCUT2D eigenvalue weighted by molar-refractivity contribution is -0.129. The summed E-state index contributed by atoms with van der Waals surface area (Å²) in [5.74, 6) is -1.41. The molecule has 0 aromatic heterocycles. The first-order valence-corrected chi connectivity index (χ1v) is 5.09. The lowest BCUT2D eigenvalue weighted by Crippen LogP contribution is -2.32. The van der Waals surface area contributed by atoms with Crippen molar-refractivity contribution in [3.05, 3.63) is 29.8 Å². The van der Waals surface area contributed by atoms with E-state index < -0.39 is 24.3 Å². The summed E-state index contributed by atoms with van der Waals surface area (Å²) in [5.41, 5.74) is 11.6. The lowest BCUT2D eigenvalue weighted by Gasteiger charge is -2.12. The van der Waals surface area contributed by atoms with Crippen LogP contribution >= 0.6 is 0 Å². The fraction of sp³-hybridized carbons (Fsp3) is 0.273. The lowest BCUT2D eigenvalue weighted by atomic mass is 10.1. The maximum atomic E-state index is 11.5. The average Bonchev–Trinajstić information content (AvgIpc) is 2.28. The number of rotatable bonds is 5. The number of anilines is 1. The number of carbonyl (C=O) groups excluding carboxylic acids is 2. The number of nitrogens with two attached hydrogens (primary N) is 2. The minimum absolute atomic E-state index is 0.266. The minimum atomic E-state index is -1.45. The van der Waals surface area contributed by atoms with Crippen LogP contribution in [0.4, 0.5) is 5.69 Å². The third-order valence-electron chi connectivity index (χ3n) is 2.19. The summed E-state index contributed by atoms with van der Waals surface area (Å²) < 4.78 is 0. The van der Waals surface area contributed by atoms with E-state index in [1.165, 1.54) is 0 Å². The van der Waals surface area contributed by atoms with Crippen molar-refractivity contribution in [2.24, 2.45) is 11.5 Å². The van der Waals surface area contributed by atoms with Gasteiger partial charge in [-0.1, -0.05) is 18.2 Å². The van der Waals surface area contributed by atoms with E-state index in [0.717, 1.165) is 5.56 Å². The fourth-order valence-electron chi connectivity index (χ4n) is 1.32. The SMILES string of the molecule is NCc1ccccc1NC(=O)C(O)CC(N)=O. The van der Waals surface area contributed by atoms with Gasteiger partial charge in [0.1, 0.15) is 6.10 Å². The van der Waals surface area contributed by atoms with Crippen molar-refractivity contribution < 1.29 is 14.7 Å². The Labute approximate surface area is 98.6 Å². The number of primary amides is 1. The van der Waals surface area contributed by atoms with Crippen LogP contribution in [0.3, 0.4) is 0 Å². The highest BCUT2D eigenvalue weighted by Crippen LogP contribution is 2.14. The molecular formula is C11H15N3O3. The smallest absolute Gasteiger partial charge is 0.253 e. The summed E-state index contributed by atoms with van der Waals surface area (Å²) in [6, 6.07) is 6.94. The summed E-state index contributed by atoms with van der Waals surface area (Å²) in [5, 5.41) is 11.9. The molecule has 6 N–H and O–H groups in total. The third-order valence-corrected chi connectivity index (χ3v) is 2.19. The van der Waals surface area contributed by atoms with Gasteiger partial charge in [-0.3, -0.25) is 9.59 Å². The molecule has 0 aliphatic rings. The van der Waals surface area contributed by atoms with Crippen LogP contribution in [0.2, 0.25) is 0 Å². The van der Waals surface area contributed by atoms with Crippen LogP contribution in [0.25, 0.3) is 0 Å². The highest BCUT2D eigenvalue weighted by molar-refractivity contribution is 5.96. The van der Waals surface area contributed by atoms with Gasteiger partial charge in [0.2, 0.25) is 5.91 Å². The van der Waals surface area contributed by atoms with E-state index in [1.807, 2.05) is 0 Å². The average molecular weight is 237 g/mol. The Kier molecular flexibility index (Phi) is 4.62. The number of nitrogens with one attached hydrogen (secondary N) is 1. The molecule has 0 radical (unpaired) electrons. The standard InChI is InChI=1S/C11H15N3O3/c12-6-7-3-1-2-4-8(7)14-11(17)9(15)5-10(13)16/h1-4,9,15H,5-6,12H2,(H2,13,16)(H,14,17). The molecule has 0 fully saturated rings. The molecule has 92 valence electrons. The second kappa shape index (κ2) is 5.97. The molecule has 1 rings (SSSR count). The van der Waals surface area contributed by atoms with E-state index in [0.29, 0.717) is 5.69 Å². The van der Waals surface area contributed by atoms with Gasteiger partial charge in [0.25, 0.3) is 5.91 Å². The molecule has 1 aromatic carbocycles. The highest BCUT2D eigenvalue weighted by atomic mass is 16.3. The van der Waals surface area contributed by atoms with E-state index in [-0.39, 0.29) is 6.54 Å². The van der Waals surface area contributed by atoms with E-state index in [1.54, 1.807) is 24.3 Å². The summed E-state index contributed by atoms with van der Waals surface area (Å²) >= 11 is 0. The largest absolute Gasteiger partial charge is 0.383 e. The predicted molar refractivity (Wildman–Crippen MR) is 62.8 cm³/mol. The molecule has 0 spiro atoms. The van der Waals surface area contributed by atoms with E-state index >= 15 is 0 Å². The molecular weight excluding hydrogens is 222 g/mol. The maximum absolute atomic E-state index is 11.5. The van der Waals surface area contributed by atoms with Crippen molar-refractivity contribution >= 4 is 17.5 Å². The van der Waals surface area contributed by atoms with Crippen LogP contribution < -0.4 is 16.8 Å². The van der Waals surface area contributed by atoms with Crippen molar-refractivity contribution in [2.75, 3.05) is 5.32 Å². The van der Waals surface area contributed by atoms with Crippen molar-refractivity contribution in [3.63, 3.8) is 0 Å². The number of aliphatic hydroxyl groups is 1. The van der Waals surface area contributed by atoms with Crippen LogP contribution in [0.1, 0.15) is 12.0 Å². The van der Waals surface area contributed by atoms with Gasteiger partial charge >= 0.3 is 0 Å². The number of hydrogen-bond donors (Lipinski definition) is 4. The molecule has 0 bridgehead atoms. The summed E-state index contributed by atoms with van der Waals surface area (Å²) in [6.07, 6.45) is -1.85. The number of para-hydroxylation sites is 1. The Hall–Kier alpha value is -1.92. The van der Waals surface area contributed by atoms with Crippen molar-refractivity contribution in [1.82, 2.24) is 0 Å². The Morgan fingerprint density at radius 2 is 2.00 bits per heavy atom. The zero-order valence-electron chi connectivity index (χ0n) is 9.22. The normalized spacial score (nSPS) is 11.9. The van der Waals surface area contributed by atoms with Gasteiger partial charge in [-0.2, -0.15) is 0 Å². The van der Waals surface area contributed by atoms with E-state index in [2.05, 4.69) is 5.32 Å². The molecule has 6 nitrogen and oxygen atoms in total. The molecule has 1 aromatic rings. The first kappa shape index (κ1) is 13.1. The van der Waals surface area contributed by atoms with Gasteiger partial charge in [0, 0.05) is 12.2 Å². The zero-order chi connectivity index (χ0) is 12.8. The van der Waals surface area contributed by atoms with Gasteiger partial charge in [-0.25, -0.2) is 0 Å². The van der Waals surface area contributed by atoms with Gasteiger partial charge in [-0.05, 0) is 11.6 Å². The van der Waals surface area contributed by atoms with Gasteiger partial charge in [0.05, 0.1) is 6.42 Å². The Balaban J connectivity index is 2.70. The molecule has 6 heteroatoms. The van der Waals surface area contributed by atoms with Crippen LogP contribution in [0, 0.1) is 0 Å². The summed E-state index contributed by atoms with van der Waals surface area (Å²) in [7, 11) is 0. The Morgan fingerprint density at radius 3 is 2.59 bits per heavy atom. The third kappa shape index (κ3) is 3.86. The second-order valence-corrected chi connectivity index (χ2v) is 3.54. The van der Waals surface area contributed by atoms with Crippen LogP contribution in [0.15, 0.2) is 24.3 Å². The second-order valence-electron chi connectivity index (χ2n) is 3.54. The summed E-state index contributed by atoms with van der Waals surface area (Å²) in [6.45, 7) is 0.266. The van der Waals surface area contributed by atoms with Crippen LogP contribution in [-0.4, -0.2) is 23.0 Å². The number of amides is 2. The molecule has 0 saturated heterocycles. The molecule has 1 unspecified atom stereocenters. The maximum Gasteiger partial charge on any atom is 0.253 e. The zero-order valence-corrected chi connectivity index (χ0v) is 9.22. The Bertz CT molecular complexity index is 420. The molecule has 17 heavy (non-hydrogen) atoms. The van der Waals surface area contributed by atoms with E-state index in [9.17, 15) is 14.7 Å². The number of aliphatic hydroxyl groups excluding tert-OH is 1. The molecule has 0 saturated carbocycles. The number of hydrogen-bond acceptors (Lipinski definition) is 4. The molecule has 0 heterocycles. The van der Waals surface area contributed by atoms with Gasteiger partial charge in [0.15, 0.2) is 0 Å². The van der Waals surface area contributed by atoms with E-state index in [4.69, 9.17) is 11.5 Å². The van der Waals surface area contributed by atoms with Crippen molar-refractivity contribution in [1.29, 1.82) is 0 Å². The first-order valence-electron chi connectivity index (χ1n) is 5.09. The first-order chi connectivity index (χ1) is 8.04. The fourth-order valence-corrected chi connectivity index (χ4v) is 1.32. The monoisotopic (exact) mass is 237 g/mol. The highest BCUT2D eigenvalue weighted by Gasteiger charge is 2.18. The molecule has 2 amide bonds. The predicted octanol–water partition coefficient (Wildman–Crippen LogP) is -0.680. The quantitative estimate of drug-likeness (QED) is 0.542. The van der Waals surface area contributed by atoms with Gasteiger partial charge < -0.3 is 21.9 Å². The van der Waals surface area contributed by atoms with Crippen LogP contribution in [0.5, 0.6) is 0 Å². The Morgan fingerprint density at radius 1 is 1.35 bits per heavy atom. The number of benzene rings is 1. The van der Waals surface area contributed by atoms with Crippen LogP contribution in [-0.2, 0) is 16.1 Å². The van der Waals surface area contributed by atoms with Crippen molar-refractivity contribution in [2.45, 2.75) is 19.1 Å². The topological polar surface area (TPSA) is 118 Å². The van der Waals surface area contributed by atoms with Gasteiger partial charge in [-0.15, -0.1) is 0 Å². The number of carbonyl (C=O) groups is 2. The molecule has 0 aliphatic carbocycles. The molecule has 0 aliphatic heterocycles. The molecule has 1 atom stereocenters. The minimum Gasteiger partial charge on any atom is -0.383 e.